The minimum Gasteiger partial charge on any atom is -0.367 e. The number of rotatable bonds is 2. The second-order valence-electron chi connectivity index (χ2n) is 6.06. The average molecular weight is 335 g/mol. The third-order valence-corrected chi connectivity index (χ3v) is 4.52. The number of aromatic nitrogens is 1. The van der Waals surface area contributed by atoms with Crippen LogP contribution in [0.3, 0.4) is 0 Å². The predicted octanol–water partition coefficient (Wildman–Crippen LogP) is 1.71. The van der Waals surface area contributed by atoms with Crippen molar-refractivity contribution in [2.75, 3.05) is 19.7 Å². The molecule has 3 aromatic rings. The molecule has 4 rings (SSSR count). The number of carbonyl (C=O) groups is 2. The van der Waals surface area contributed by atoms with Crippen molar-refractivity contribution in [1.82, 2.24) is 9.88 Å². The highest BCUT2D eigenvalue weighted by atomic mass is 16.5. The van der Waals surface area contributed by atoms with E-state index in [4.69, 9.17) is 10.5 Å². The molecule has 0 saturated carbocycles. The number of amides is 2. The number of hydrogen-bond acceptors (Lipinski definition) is 4. The highest BCUT2D eigenvalue weighted by Crippen LogP contribution is 2.28. The van der Waals surface area contributed by atoms with Gasteiger partial charge in [-0.2, -0.15) is 0 Å². The summed E-state index contributed by atoms with van der Waals surface area (Å²) in [4.78, 5) is 30.5. The van der Waals surface area contributed by atoms with Crippen LogP contribution in [0.15, 0.2) is 48.7 Å². The lowest BCUT2D eigenvalue weighted by Gasteiger charge is -2.31. The van der Waals surface area contributed by atoms with E-state index in [-0.39, 0.29) is 19.1 Å². The van der Waals surface area contributed by atoms with Crippen molar-refractivity contribution in [3.8, 4) is 0 Å². The molecule has 126 valence electrons. The Morgan fingerprint density at radius 2 is 1.96 bits per heavy atom. The van der Waals surface area contributed by atoms with Gasteiger partial charge in [0.25, 0.3) is 5.91 Å². The number of benzene rings is 2. The number of ether oxygens (including phenoxy) is 1. The standard InChI is InChI=1S/C19H17N3O3/c20-18(23)16-11-22(8-9-25-16)19(24)15-10-12-4-1-2-5-13(12)14-6-3-7-21-17(14)15/h1-7,10,16H,8-9,11H2,(H2,20,23)/t16-/m0/s1. The third kappa shape index (κ3) is 2.70. The molecule has 0 spiro atoms. The van der Waals surface area contributed by atoms with Crippen molar-refractivity contribution in [1.29, 1.82) is 0 Å². The van der Waals surface area contributed by atoms with Crippen molar-refractivity contribution < 1.29 is 14.3 Å². The Morgan fingerprint density at radius 1 is 1.16 bits per heavy atom. The first-order chi connectivity index (χ1) is 12.1. The molecule has 2 N–H and O–H groups in total. The Hall–Kier alpha value is -2.99. The fraction of sp³-hybridized carbons (Fsp3) is 0.211. The highest BCUT2D eigenvalue weighted by Gasteiger charge is 2.29. The topological polar surface area (TPSA) is 85.5 Å². The molecule has 0 aliphatic carbocycles. The van der Waals surface area contributed by atoms with Gasteiger partial charge >= 0.3 is 0 Å². The molecule has 25 heavy (non-hydrogen) atoms. The van der Waals surface area contributed by atoms with Crippen molar-refractivity contribution in [2.45, 2.75) is 6.10 Å². The molecular formula is C19H17N3O3. The second kappa shape index (κ2) is 6.14. The Balaban J connectivity index is 1.82. The SMILES string of the molecule is NC(=O)[C@@H]1CN(C(=O)c2cc3ccccc3c3cccnc23)CCO1. The molecule has 0 bridgehead atoms. The van der Waals surface area contributed by atoms with Crippen molar-refractivity contribution in [3.05, 3.63) is 54.2 Å². The Bertz CT molecular complexity index is 986. The number of fused-ring (bicyclic) bond motifs is 3. The van der Waals surface area contributed by atoms with Gasteiger partial charge in [-0.25, -0.2) is 0 Å². The van der Waals surface area contributed by atoms with E-state index in [1.807, 2.05) is 42.5 Å². The molecule has 6 heteroatoms. The van der Waals surface area contributed by atoms with Crippen LogP contribution in [0.1, 0.15) is 10.4 Å². The van der Waals surface area contributed by atoms with Crippen molar-refractivity contribution in [3.63, 3.8) is 0 Å². The van der Waals surface area contributed by atoms with Crippen molar-refractivity contribution >= 4 is 33.5 Å². The number of hydrogen-bond donors (Lipinski definition) is 1. The molecule has 1 aliphatic rings. The molecule has 6 nitrogen and oxygen atoms in total. The molecule has 2 aromatic carbocycles. The van der Waals surface area contributed by atoms with Gasteiger partial charge in [-0.1, -0.05) is 30.3 Å². The van der Waals surface area contributed by atoms with E-state index in [0.29, 0.717) is 17.6 Å². The van der Waals surface area contributed by atoms with Crippen LogP contribution in [-0.4, -0.2) is 47.5 Å². The normalized spacial score (nSPS) is 17.8. The van der Waals surface area contributed by atoms with E-state index >= 15 is 0 Å². The maximum Gasteiger partial charge on any atom is 0.256 e. The molecule has 1 aromatic heterocycles. The van der Waals surface area contributed by atoms with Crippen LogP contribution in [0.4, 0.5) is 0 Å². The fourth-order valence-corrected chi connectivity index (χ4v) is 3.27. The number of pyridine rings is 1. The van der Waals surface area contributed by atoms with Gasteiger partial charge in [-0.3, -0.25) is 14.6 Å². The first kappa shape index (κ1) is 15.5. The number of morpholine rings is 1. The molecule has 1 saturated heterocycles. The van der Waals surface area contributed by atoms with Gasteiger partial charge in [0.1, 0.15) is 0 Å². The Labute approximate surface area is 144 Å². The number of primary amides is 1. The van der Waals surface area contributed by atoms with E-state index in [9.17, 15) is 9.59 Å². The monoisotopic (exact) mass is 335 g/mol. The molecule has 0 radical (unpaired) electrons. The lowest BCUT2D eigenvalue weighted by molar-refractivity contribution is -0.133. The largest absolute Gasteiger partial charge is 0.367 e. The lowest BCUT2D eigenvalue weighted by atomic mass is 10.00. The predicted molar refractivity (Wildman–Crippen MR) is 94.1 cm³/mol. The summed E-state index contributed by atoms with van der Waals surface area (Å²) in [6, 6.07) is 13.6. The van der Waals surface area contributed by atoms with Crippen LogP contribution in [-0.2, 0) is 9.53 Å². The first-order valence-electron chi connectivity index (χ1n) is 8.12. The summed E-state index contributed by atoms with van der Waals surface area (Å²) >= 11 is 0. The molecule has 1 aliphatic heterocycles. The highest BCUT2D eigenvalue weighted by molar-refractivity contribution is 6.15. The molecule has 0 unspecified atom stereocenters. The van der Waals surface area contributed by atoms with Crippen LogP contribution >= 0.6 is 0 Å². The minimum absolute atomic E-state index is 0.162. The van der Waals surface area contributed by atoms with E-state index in [2.05, 4.69) is 4.98 Å². The Morgan fingerprint density at radius 3 is 2.80 bits per heavy atom. The summed E-state index contributed by atoms with van der Waals surface area (Å²) in [6.45, 7) is 0.872. The summed E-state index contributed by atoms with van der Waals surface area (Å²) in [5.74, 6) is -0.719. The second-order valence-corrected chi connectivity index (χ2v) is 6.06. The number of nitrogens with two attached hydrogens (primary N) is 1. The molecule has 2 heterocycles. The van der Waals surface area contributed by atoms with Crippen LogP contribution in [0, 0.1) is 0 Å². The lowest BCUT2D eigenvalue weighted by Crippen LogP contribution is -2.50. The quantitative estimate of drug-likeness (QED) is 0.723. The Kier molecular flexibility index (Phi) is 3.82. The maximum absolute atomic E-state index is 13.1. The van der Waals surface area contributed by atoms with Crippen LogP contribution in [0.25, 0.3) is 21.7 Å². The third-order valence-electron chi connectivity index (χ3n) is 4.52. The summed E-state index contributed by atoms with van der Waals surface area (Å²) in [5, 5.41) is 2.97. The van der Waals surface area contributed by atoms with E-state index in [0.717, 1.165) is 16.2 Å². The minimum atomic E-state index is -0.766. The fourth-order valence-electron chi connectivity index (χ4n) is 3.27. The zero-order valence-electron chi connectivity index (χ0n) is 13.5. The zero-order chi connectivity index (χ0) is 17.4. The van der Waals surface area contributed by atoms with Crippen LogP contribution < -0.4 is 5.73 Å². The van der Waals surface area contributed by atoms with E-state index < -0.39 is 12.0 Å². The first-order valence-corrected chi connectivity index (χ1v) is 8.12. The summed E-state index contributed by atoms with van der Waals surface area (Å²) in [5.41, 5.74) is 6.51. The zero-order valence-corrected chi connectivity index (χ0v) is 13.5. The van der Waals surface area contributed by atoms with Gasteiger partial charge in [0, 0.05) is 18.1 Å². The molecular weight excluding hydrogens is 318 g/mol. The molecule has 1 fully saturated rings. The van der Waals surface area contributed by atoms with Gasteiger partial charge in [0.15, 0.2) is 6.10 Å². The van der Waals surface area contributed by atoms with Crippen LogP contribution in [0.5, 0.6) is 0 Å². The van der Waals surface area contributed by atoms with Gasteiger partial charge in [-0.15, -0.1) is 0 Å². The van der Waals surface area contributed by atoms with Gasteiger partial charge < -0.3 is 15.4 Å². The van der Waals surface area contributed by atoms with Crippen LogP contribution in [0.2, 0.25) is 0 Å². The number of carbonyl (C=O) groups excluding carboxylic acids is 2. The van der Waals surface area contributed by atoms with E-state index in [1.165, 1.54) is 0 Å². The maximum atomic E-state index is 13.1. The molecule has 1 atom stereocenters. The van der Waals surface area contributed by atoms with Gasteiger partial charge in [-0.05, 0) is 22.9 Å². The average Bonchev–Trinajstić information content (AvgIpc) is 2.67. The molecule has 2 amide bonds. The summed E-state index contributed by atoms with van der Waals surface area (Å²) in [7, 11) is 0. The number of nitrogens with zero attached hydrogens (tertiary/aromatic N) is 2. The van der Waals surface area contributed by atoms with Gasteiger partial charge in [0.05, 0.1) is 24.2 Å². The van der Waals surface area contributed by atoms with Crippen molar-refractivity contribution in [2.24, 2.45) is 5.73 Å². The smallest absolute Gasteiger partial charge is 0.256 e. The summed E-state index contributed by atoms with van der Waals surface area (Å²) in [6.07, 6.45) is 0.914. The van der Waals surface area contributed by atoms with Gasteiger partial charge in [0.2, 0.25) is 5.91 Å². The summed E-state index contributed by atoms with van der Waals surface area (Å²) < 4.78 is 5.33. The van der Waals surface area contributed by atoms with E-state index in [1.54, 1.807) is 11.1 Å².